The topological polar surface area (TPSA) is 77.8 Å². The number of hydrogen-bond acceptors (Lipinski definition) is 2. The van der Waals surface area contributed by atoms with Crippen molar-refractivity contribution in [2.75, 3.05) is 5.32 Å². The minimum absolute atomic E-state index is 0.340. The number of hydrogen-bond donors (Lipinski definition) is 3. The molecule has 1 aromatic heterocycles. The molecule has 1 aromatic carbocycles. The third-order valence-corrected chi connectivity index (χ3v) is 2.57. The van der Waals surface area contributed by atoms with Crippen LogP contribution in [0.2, 0.25) is 5.02 Å². The standard InChI is InChI=1S/C13H14ClN5/c1-8-6-9(2)17-13(16-8)19-12(15)18-11-5-3-4-10(14)7-11/h3-7H,1-2H3,(H3,15,16,17,18,19)/p+1. The predicted octanol–water partition coefficient (Wildman–Crippen LogP) is 0.886. The van der Waals surface area contributed by atoms with Gasteiger partial charge in [-0.2, -0.15) is 0 Å². The molecular weight excluding hydrogens is 262 g/mol. The van der Waals surface area contributed by atoms with Gasteiger partial charge in [0.05, 0.1) is 17.1 Å². The van der Waals surface area contributed by atoms with Crippen LogP contribution in [0.4, 0.5) is 11.6 Å². The van der Waals surface area contributed by atoms with Gasteiger partial charge < -0.3 is 5.73 Å². The van der Waals surface area contributed by atoms with E-state index in [1.807, 2.05) is 32.0 Å². The number of halogens is 1. The van der Waals surface area contributed by atoms with Gasteiger partial charge in [0.1, 0.15) is 0 Å². The van der Waals surface area contributed by atoms with Crippen molar-refractivity contribution >= 4 is 29.2 Å². The Labute approximate surface area is 116 Å². The fourth-order valence-electron chi connectivity index (χ4n) is 1.66. The van der Waals surface area contributed by atoms with Gasteiger partial charge in [0, 0.05) is 11.1 Å². The van der Waals surface area contributed by atoms with Gasteiger partial charge in [-0.1, -0.05) is 17.7 Å². The third-order valence-electron chi connectivity index (χ3n) is 2.33. The quantitative estimate of drug-likeness (QED) is 0.562. The van der Waals surface area contributed by atoms with Crippen molar-refractivity contribution in [2.24, 2.45) is 5.73 Å². The summed E-state index contributed by atoms with van der Waals surface area (Å²) in [5, 5.41) is 3.63. The van der Waals surface area contributed by atoms with Crippen molar-refractivity contribution in [3.05, 3.63) is 46.7 Å². The number of aryl methyl sites for hydroxylation is 2. The first-order valence-electron chi connectivity index (χ1n) is 5.77. The number of nitrogens with one attached hydrogen (secondary N) is 2. The summed E-state index contributed by atoms with van der Waals surface area (Å²) in [5.41, 5.74) is 8.41. The molecule has 5 nitrogen and oxygen atoms in total. The highest BCUT2D eigenvalue weighted by molar-refractivity contribution is 6.30. The number of rotatable bonds is 2. The SMILES string of the molecule is Cc1cc(C)nc([NH+]=C(N)Nc2cccc(Cl)c2)n1. The van der Waals surface area contributed by atoms with Crippen molar-refractivity contribution in [2.45, 2.75) is 13.8 Å². The molecule has 19 heavy (non-hydrogen) atoms. The summed E-state index contributed by atoms with van der Waals surface area (Å²) in [6.07, 6.45) is 0. The molecular formula is C13H15ClN5+. The second-order valence-electron chi connectivity index (χ2n) is 4.15. The highest BCUT2D eigenvalue weighted by atomic mass is 35.5. The minimum atomic E-state index is 0.340. The molecule has 0 saturated heterocycles. The Balaban J connectivity index is 2.19. The van der Waals surface area contributed by atoms with Crippen LogP contribution in [-0.2, 0) is 0 Å². The number of aromatic nitrogens is 2. The average molecular weight is 277 g/mol. The highest BCUT2D eigenvalue weighted by Gasteiger charge is 2.05. The Morgan fingerprint density at radius 1 is 1.21 bits per heavy atom. The molecule has 0 atom stereocenters. The second kappa shape index (κ2) is 5.67. The zero-order valence-corrected chi connectivity index (χ0v) is 11.5. The first-order chi connectivity index (χ1) is 9.02. The first-order valence-corrected chi connectivity index (χ1v) is 6.15. The number of nitrogens with two attached hydrogens (primary N) is 1. The summed E-state index contributed by atoms with van der Waals surface area (Å²) in [7, 11) is 0. The molecule has 0 spiro atoms. The van der Waals surface area contributed by atoms with Crippen LogP contribution in [0.25, 0.3) is 0 Å². The van der Waals surface area contributed by atoms with Crippen LogP contribution in [0.15, 0.2) is 30.3 Å². The van der Waals surface area contributed by atoms with E-state index in [4.69, 9.17) is 17.3 Å². The Morgan fingerprint density at radius 3 is 2.53 bits per heavy atom. The largest absolute Gasteiger partial charge is 0.354 e. The maximum absolute atomic E-state index is 5.89. The van der Waals surface area contributed by atoms with E-state index in [0.29, 0.717) is 16.9 Å². The van der Waals surface area contributed by atoms with E-state index in [1.165, 1.54) is 0 Å². The molecule has 0 aliphatic heterocycles. The van der Waals surface area contributed by atoms with Crippen LogP contribution in [-0.4, -0.2) is 15.9 Å². The van der Waals surface area contributed by atoms with Gasteiger partial charge in [0.25, 0.3) is 5.96 Å². The number of guanidine groups is 1. The summed E-state index contributed by atoms with van der Waals surface area (Å²) in [4.78, 5) is 11.4. The fraction of sp³-hybridized carbons (Fsp3) is 0.154. The molecule has 4 N–H and O–H groups in total. The molecule has 2 aromatic rings. The smallest absolute Gasteiger partial charge is 0.322 e. The van der Waals surface area contributed by atoms with Crippen molar-refractivity contribution < 1.29 is 4.99 Å². The molecule has 0 unspecified atom stereocenters. The Morgan fingerprint density at radius 2 is 1.89 bits per heavy atom. The van der Waals surface area contributed by atoms with E-state index in [-0.39, 0.29) is 0 Å². The van der Waals surface area contributed by atoms with E-state index in [9.17, 15) is 0 Å². The predicted molar refractivity (Wildman–Crippen MR) is 76.4 cm³/mol. The van der Waals surface area contributed by atoms with Crippen LogP contribution in [0.1, 0.15) is 11.4 Å². The molecule has 0 aliphatic rings. The third kappa shape index (κ3) is 3.93. The molecule has 1 heterocycles. The molecule has 0 saturated carbocycles. The number of benzene rings is 1. The maximum atomic E-state index is 5.89. The lowest BCUT2D eigenvalue weighted by atomic mass is 10.3. The zero-order valence-electron chi connectivity index (χ0n) is 10.7. The van der Waals surface area contributed by atoms with Crippen molar-refractivity contribution in [3.8, 4) is 0 Å². The fourth-order valence-corrected chi connectivity index (χ4v) is 1.85. The second-order valence-corrected chi connectivity index (χ2v) is 4.58. The number of anilines is 1. The summed E-state index contributed by atoms with van der Waals surface area (Å²) in [6.45, 7) is 3.81. The monoisotopic (exact) mass is 276 g/mol. The van der Waals surface area contributed by atoms with Gasteiger partial charge in [0.15, 0.2) is 0 Å². The molecule has 98 valence electrons. The van der Waals surface area contributed by atoms with Gasteiger partial charge >= 0.3 is 5.95 Å². The molecule has 0 bridgehead atoms. The van der Waals surface area contributed by atoms with Crippen LogP contribution >= 0.6 is 11.6 Å². The molecule has 0 fully saturated rings. The molecule has 0 radical (unpaired) electrons. The first kappa shape index (κ1) is 13.3. The van der Waals surface area contributed by atoms with Gasteiger partial charge in [0.2, 0.25) is 0 Å². The van der Waals surface area contributed by atoms with Crippen molar-refractivity contribution in [3.63, 3.8) is 0 Å². The van der Waals surface area contributed by atoms with E-state index in [1.54, 1.807) is 12.1 Å². The number of nitrogens with zero attached hydrogens (tertiary/aromatic N) is 2. The lowest BCUT2D eigenvalue weighted by molar-refractivity contribution is -0.365. The van der Waals surface area contributed by atoms with E-state index < -0.39 is 0 Å². The lowest BCUT2D eigenvalue weighted by Gasteiger charge is -2.01. The zero-order chi connectivity index (χ0) is 13.8. The van der Waals surface area contributed by atoms with Crippen LogP contribution in [0.5, 0.6) is 0 Å². The van der Waals surface area contributed by atoms with E-state index >= 15 is 0 Å². The summed E-state index contributed by atoms with van der Waals surface area (Å²) < 4.78 is 0. The van der Waals surface area contributed by atoms with Crippen molar-refractivity contribution in [1.29, 1.82) is 0 Å². The van der Waals surface area contributed by atoms with Gasteiger partial charge in [-0.05, 0) is 32.0 Å². The van der Waals surface area contributed by atoms with Crippen LogP contribution < -0.4 is 16.0 Å². The Kier molecular flexibility index (Phi) is 3.97. The van der Waals surface area contributed by atoms with E-state index in [2.05, 4.69) is 20.3 Å². The van der Waals surface area contributed by atoms with Crippen LogP contribution in [0.3, 0.4) is 0 Å². The molecule has 0 aliphatic carbocycles. The van der Waals surface area contributed by atoms with Gasteiger partial charge in [-0.15, -0.1) is 9.97 Å². The highest BCUT2D eigenvalue weighted by Crippen LogP contribution is 2.13. The normalized spacial score (nSPS) is 11.4. The van der Waals surface area contributed by atoms with Gasteiger partial charge in [-0.3, -0.25) is 5.32 Å². The van der Waals surface area contributed by atoms with Gasteiger partial charge in [-0.25, -0.2) is 4.99 Å². The maximum Gasteiger partial charge on any atom is 0.354 e. The minimum Gasteiger partial charge on any atom is -0.322 e. The summed E-state index contributed by atoms with van der Waals surface area (Å²) in [5.74, 6) is 0.803. The van der Waals surface area contributed by atoms with Crippen molar-refractivity contribution in [1.82, 2.24) is 9.97 Å². The lowest BCUT2D eigenvalue weighted by Crippen LogP contribution is -2.72. The molecule has 6 heteroatoms. The Hall–Kier alpha value is -2.14. The summed E-state index contributed by atoms with van der Waals surface area (Å²) in [6, 6.07) is 9.17. The average Bonchev–Trinajstić information content (AvgIpc) is 2.26. The molecule has 2 rings (SSSR count). The molecule has 0 amide bonds. The van der Waals surface area contributed by atoms with E-state index in [0.717, 1.165) is 17.1 Å². The van der Waals surface area contributed by atoms with Crippen LogP contribution in [0, 0.1) is 13.8 Å². The Bertz CT molecular complexity index is 604. The summed E-state index contributed by atoms with van der Waals surface area (Å²) >= 11 is 5.89.